The normalized spacial score (nSPS) is 11.0. The maximum atomic E-state index is 11.1. The van der Waals surface area contributed by atoms with Crippen LogP contribution in [-0.2, 0) is 4.79 Å². The lowest BCUT2D eigenvalue weighted by Gasteiger charge is -2.01. The van der Waals surface area contributed by atoms with Crippen molar-refractivity contribution in [2.24, 2.45) is 11.0 Å². The summed E-state index contributed by atoms with van der Waals surface area (Å²) < 4.78 is 0. The highest BCUT2D eigenvalue weighted by Gasteiger charge is 2.09. The number of hydrogen-bond donors (Lipinski definition) is 1. The summed E-state index contributed by atoms with van der Waals surface area (Å²) in [7, 11) is 0. The second-order valence-electron chi connectivity index (χ2n) is 2.47. The van der Waals surface area contributed by atoms with Gasteiger partial charge in [-0.2, -0.15) is 5.10 Å². The molecule has 0 amide bonds. The molecule has 0 saturated heterocycles. The minimum absolute atomic E-state index is 0.00718. The van der Waals surface area contributed by atoms with Gasteiger partial charge in [0, 0.05) is 12.0 Å². The fourth-order valence-corrected chi connectivity index (χ4v) is 0.589. The lowest BCUT2D eigenvalue weighted by molar-refractivity contribution is -0.115. The summed E-state index contributed by atoms with van der Waals surface area (Å²) in [5, 5.41) is 3.64. The molecule has 11 heavy (non-hydrogen) atoms. The number of Topliss-reactive ketones (excluding diaryl/α,β-unsaturated/α-hetero) is 1. The molecule has 0 aromatic heterocycles. The van der Waals surface area contributed by atoms with Crippen LogP contribution >= 0.6 is 0 Å². The van der Waals surface area contributed by atoms with Crippen molar-refractivity contribution in [2.75, 3.05) is 0 Å². The monoisotopic (exact) mass is 152 g/mol. The van der Waals surface area contributed by atoms with E-state index in [0.717, 1.165) is 0 Å². The predicted octanol–water partition coefficient (Wildman–Crippen LogP) is 0.768. The zero-order chi connectivity index (χ0) is 8.85. The molecule has 0 heterocycles. The molecule has 0 atom stereocenters. The van der Waals surface area contributed by atoms with E-state index in [1.807, 2.05) is 13.8 Å². The highest BCUT2D eigenvalue weighted by Crippen LogP contribution is 1.95. The van der Waals surface area contributed by atoms with Crippen molar-refractivity contribution in [1.82, 2.24) is 5.43 Å². The molecule has 3 heteroatoms. The Labute approximate surface area is 66.9 Å². The van der Waals surface area contributed by atoms with E-state index in [-0.39, 0.29) is 11.7 Å². The van der Waals surface area contributed by atoms with Gasteiger partial charge in [-0.05, 0) is 6.92 Å². The van der Waals surface area contributed by atoms with Gasteiger partial charge in [-0.15, -0.1) is 0 Å². The van der Waals surface area contributed by atoms with E-state index in [4.69, 9.17) is 6.42 Å². The van der Waals surface area contributed by atoms with Crippen molar-refractivity contribution in [1.29, 1.82) is 0 Å². The lowest BCUT2D eigenvalue weighted by atomic mass is 10.1. The molecule has 3 nitrogen and oxygen atoms in total. The minimum atomic E-state index is -0.0293. The fourth-order valence-electron chi connectivity index (χ4n) is 0.589. The minimum Gasteiger partial charge on any atom is -0.292 e. The van der Waals surface area contributed by atoms with Gasteiger partial charge in [0.05, 0.1) is 0 Å². The van der Waals surface area contributed by atoms with Crippen LogP contribution in [0.25, 0.3) is 0 Å². The summed E-state index contributed by atoms with van der Waals surface area (Å²) in [4.78, 5) is 11.1. The second-order valence-corrected chi connectivity index (χ2v) is 2.47. The van der Waals surface area contributed by atoms with E-state index in [1.54, 1.807) is 6.92 Å². The number of carbonyl (C=O) groups is 1. The molecule has 0 fully saturated rings. The first-order valence-corrected chi connectivity index (χ1v) is 3.38. The first-order chi connectivity index (χ1) is 5.09. The Kier molecular flexibility index (Phi) is 3.97. The largest absolute Gasteiger partial charge is 0.292 e. The first-order valence-electron chi connectivity index (χ1n) is 3.38. The fraction of sp³-hybridized carbons (Fsp3) is 0.500. The first kappa shape index (κ1) is 9.70. The summed E-state index contributed by atoms with van der Waals surface area (Å²) in [6.07, 6.45) is 4.87. The van der Waals surface area contributed by atoms with Gasteiger partial charge in [0.2, 0.25) is 0 Å². The Balaban J connectivity index is 4.15. The zero-order valence-corrected chi connectivity index (χ0v) is 7.01. The number of nitrogens with zero attached hydrogens (tertiary/aromatic N) is 1. The van der Waals surface area contributed by atoms with E-state index in [9.17, 15) is 4.79 Å². The molecule has 0 aromatic carbocycles. The summed E-state index contributed by atoms with van der Waals surface area (Å²) in [5.74, 6) is -0.0222. The van der Waals surface area contributed by atoms with Crippen molar-refractivity contribution < 1.29 is 4.79 Å². The Morgan fingerprint density at radius 2 is 2.18 bits per heavy atom. The van der Waals surface area contributed by atoms with Gasteiger partial charge in [-0.25, -0.2) is 5.43 Å². The molecular weight excluding hydrogens is 140 g/mol. The van der Waals surface area contributed by atoms with Crippen molar-refractivity contribution in [3.05, 3.63) is 0 Å². The Morgan fingerprint density at radius 1 is 1.64 bits per heavy atom. The van der Waals surface area contributed by atoms with Gasteiger partial charge in [0.15, 0.2) is 5.78 Å². The predicted molar refractivity (Wildman–Crippen MR) is 44.9 cm³/mol. The van der Waals surface area contributed by atoms with E-state index in [2.05, 4.69) is 16.6 Å². The average molecular weight is 152 g/mol. The molecule has 0 bridgehead atoms. The highest BCUT2D eigenvalue weighted by molar-refractivity contribution is 6.39. The Morgan fingerprint density at radius 3 is 2.55 bits per heavy atom. The van der Waals surface area contributed by atoms with Crippen LogP contribution in [-0.4, -0.2) is 11.5 Å². The molecular formula is C8H12N2O. The highest BCUT2D eigenvalue weighted by atomic mass is 16.1. The third-order valence-electron chi connectivity index (χ3n) is 1.17. The summed E-state index contributed by atoms with van der Waals surface area (Å²) in [5.41, 5.74) is 2.69. The smallest absolute Gasteiger partial charge is 0.181 e. The van der Waals surface area contributed by atoms with Gasteiger partial charge in [-0.1, -0.05) is 20.3 Å². The maximum Gasteiger partial charge on any atom is 0.181 e. The SMILES string of the molecule is C#CN/N=C(\C)C(=O)C(C)C. The molecule has 0 unspecified atom stereocenters. The Bertz CT molecular complexity index is 211. The standard InChI is InChI=1S/C8H12N2O/c1-5-9-10-7(4)8(11)6(2)3/h1,6,9H,2-4H3/b10-7+. The zero-order valence-electron chi connectivity index (χ0n) is 7.01. The van der Waals surface area contributed by atoms with Crippen LogP contribution in [0.5, 0.6) is 0 Å². The van der Waals surface area contributed by atoms with E-state index in [0.29, 0.717) is 5.71 Å². The maximum absolute atomic E-state index is 11.1. The van der Waals surface area contributed by atoms with Crippen LogP contribution < -0.4 is 5.43 Å². The molecule has 0 aliphatic carbocycles. The number of hydrogen-bond acceptors (Lipinski definition) is 3. The summed E-state index contributed by atoms with van der Waals surface area (Å²) >= 11 is 0. The topological polar surface area (TPSA) is 41.5 Å². The van der Waals surface area contributed by atoms with Gasteiger partial charge in [-0.3, -0.25) is 4.79 Å². The van der Waals surface area contributed by atoms with Gasteiger partial charge >= 0.3 is 0 Å². The Hall–Kier alpha value is -1.30. The second kappa shape index (κ2) is 4.51. The number of ketones is 1. The van der Waals surface area contributed by atoms with Gasteiger partial charge in [0.1, 0.15) is 5.71 Å². The molecule has 0 aromatic rings. The number of terminal acetylenes is 1. The summed E-state index contributed by atoms with van der Waals surface area (Å²) in [6, 6.07) is 2.10. The quantitative estimate of drug-likeness (QED) is 0.281. The van der Waals surface area contributed by atoms with Crippen LogP contribution in [0.2, 0.25) is 0 Å². The number of carbonyl (C=O) groups excluding carboxylic acids is 1. The molecule has 0 radical (unpaired) electrons. The van der Waals surface area contributed by atoms with Crippen LogP contribution in [0.3, 0.4) is 0 Å². The number of hydrazone groups is 1. The van der Waals surface area contributed by atoms with E-state index >= 15 is 0 Å². The van der Waals surface area contributed by atoms with Crippen LogP contribution in [0.1, 0.15) is 20.8 Å². The third kappa shape index (κ3) is 3.41. The van der Waals surface area contributed by atoms with Gasteiger partial charge < -0.3 is 0 Å². The molecule has 0 spiro atoms. The molecule has 0 aliphatic heterocycles. The van der Waals surface area contributed by atoms with E-state index < -0.39 is 0 Å². The lowest BCUT2D eigenvalue weighted by Crippen LogP contribution is -2.18. The van der Waals surface area contributed by atoms with Crippen LogP contribution in [0.4, 0.5) is 0 Å². The average Bonchev–Trinajstić information content (AvgIpc) is 1.98. The van der Waals surface area contributed by atoms with Crippen molar-refractivity contribution >= 4 is 11.5 Å². The molecule has 0 aliphatic rings. The molecule has 0 rings (SSSR count). The van der Waals surface area contributed by atoms with Crippen LogP contribution in [0, 0.1) is 18.4 Å². The van der Waals surface area contributed by atoms with Crippen molar-refractivity contribution in [3.8, 4) is 12.5 Å². The third-order valence-corrected chi connectivity index (χ3v) is 1.17. The number of nitrogens with one attached hydrogen (secondary N) is 1. The van der Waals surface area contributed by atoms with Crippen molar-refractivity contribution in [3.63, 3.8) is 0 Å². The summed E-state index contributed by atoms with van der Waals surface area (Å²) in [6.45, 7) is 5.27. The van der Waals surface area contributed by atoms with E-state index in [1.165, 1.54) is 0 Å². The molecule has 60 valence electrons. The van der Waals surface area contributed by atoms with Gasteiger partial charge in [0.25, 0.3) is 0 Å². The molecule has 0 saturated carbocycles. The van der Waals surface area contributed by atoms with Crippen molar-refractivity contribution in [2.45, 2.75) is 20.8 Å². The number of rotatable bonds is 3. The van der Waals surface area contributed by atoms with Crippen LogP contribution in [0.15, 0.2) is 5.10 Å². The molecule has 1 N–H and O–H groups in total.